The fourth-order valence-corrected chi connectivity index (χ4v) is 8.91. The van der Waals surface area contributed by atoms with E-state index >= 15 is 0 Å². The van der Waals surface area contributed by atoms with Crippen molar-refractivity contribution in [3.8, 4) is 0 Å². The molecule has 1 unspecified atom stereocenters. The molecule has 0 aliphatic rings. The summed E-state index contributed by atoms with van der Waals surface area (Å²) in [6, 6.07) is 0. The summed E-state index contributed by atoms with van der Waals surface area (Å²) >= 11 is 0. The van der Waals surface area contributed by atoms with Crippen molar-refractivity contribution in [1.82, 2.24) is 0 Å². The molecule has 0 rings (SSSR count). The van der Waals surface area contributed by atoms with Gasteiger partial charge in [0.05, 0.1) is 0 Å². The van der Waals surface area contributed by atoms with Gasteiger partial charge >= 0.3 is 17.9 Å². The Morgan fingerprint density at radius 1 is 0.284 bits per heavy atom. The summed E-state index contributed by atoms with van der Waals surface area (Å²) in [4.78, 5) is 38.1. The van der Waals surface area contributed by atoms with Crippen LogP contribution in [0.5, 0.6) is 0 Å². The van der Waals surface area contributed by atoms with Gasteiger partial charge in [-0.15, -0.1) is 0 Å². The molecule has 6 heteroatoms. The Balaban J connectivity index is 4.20. The lowest BCUT2D eigenvalue weighted by molar-refractivity contribution is -0.167. The smallest absolute Gasteiger partial charge is 0.306 e. The molecule has 0 amide bonds. The second kappa shape index (κ2) is 62.1. The van der Waals surface area contributed by atoms with Crippen molar-refractivity contribution in [2.45, 2.75) is 316 Å². The summed E-state index contributed by atoms with van der Waals surface area (Å²) in [7, 11) is 0. The van der Waals surface area contributed by atoms with Gasteiger partial charge in [0, 0.05) is 19.3 Å². The fourth-order valence-electron chi connectivity index (χ4n) is 8.91. The first-order chi connectivity index (χ1) is 36.5. The fraction of sp³-hybridized carbons (Fsp3) is 0.750. The molecule has 0 fully saturated rings. The predicted molar refractivity (Wildman–Crippen MR) is 321 cm³/mol. The zero-order chi connectivity index (χ0) is 53.6. The highest BCUT2D eigenvalue weighted by Crippen LogP contribution is 2.16. The highest BCUT2D eigenvalue weighted by atomic mass is 16.6. The summed E-state index contributed by atoms with van der Waals surface area (Å²) in [5, 5.41) is 0. The average Bonchev–Trinajstić information content (AvgIpc) is 3.40. The van der Waals surface area contributed by atoms with Crippen LogP contribution in [-0.2, 0) is 28.6 Å². The Bertz CT molecular complexity index is 1420. The third kappa shape index (κ3) is 59.5. The maximum atomic E-state index is 12.9. The predicted octanol–water partition coefficient (Wildman–Crippen LogP) is 21.5. The Hall–Kier alpha value is -3.41. The maximum Gasteiger partial charge on any atom is 0.306 e. The van der Waals surface area contributed by atoms with Gasteiger partial charge in [-0.3, -0.25) is 14.4 Å². The van der Waals surface area contributed by atoms with E-state index in [9.17, 15) is 14.4 Å². The Labute approximate surface area is 458 Å². The molecule has 0 saturated heterocycles. The lowest BCUT2D eigenvalue weighted by Crippen LogP contribution is -2.30. The first-order valence-corrected chi connectivity index (χ1v) is 31.6. The third-order valence-corrected chi connectivity index (χ3v) is 13.6. The number of carbonyl (C=O) groups is 3. The zero-order valence-corrected chi connectivity index (χ0v) is 48.8. The number of hydrogen-bond donors (Lipinski definition) is 0. The number of rotatable bonds is 57. The molecule has 0 aromatic heterocycles. The van der Waals surface area contributed by atoms with Crippen molar-refractivity contribution in [3.05, 3.63) is 85.1 Å². The highest BCUT2D eigenvalue weighted by Gasteiger charge is 2.19. The molecule has 0 bridgehead atoms. The first kappa shape index (κ1) is 70.6. The quantitative estimate of drug-likeness (QED) is 0.0261. The number of esters is 3. The zero-order valence-electron chi connectivity index (χ0n) is 48.8. The van der Waals surface area contributed by atoms with Gasteiger partial charge in [-0.2, -0.15) is 0 Å². The molecule has 6 nitrogen and oxygen atoms in total. The SMILES string of the molecule is CC/C=C\C/C=C\C/C=C\C/C=C\C/C=C\CCCCCCCCCC(=O)OC(COC(=O)CCCCCCCCCC)COC(=O)CCCCCCCCCCCCCCC/C=C\C/C=C\CCCCCCC. The van der Waals surface area contributed by atoms with Gasteiger partial charge < -0.3 is 14.2 Å². The van der Waals surface area contributed by atoms with Crippen LogP contribution in [0.1, 0.15) is 310 Å². The molecule has 74 heavy (non-hydrogen) atoms. The third-order valence-electron chi connectivity index (χ3n) is 13.6. The van der Waals surface area contributed by atoms with E-state index in [1.54, 1.807) is 0 Å². The largest absolute Gasteiger partial charge is 0.462 e. The second-order valence-electron chi connectivity index (χ2n) is 20.9. The molecule has 0 heterocycles. The Morgan fingerprint density at radius 3 is 0.824 bits per heavy atom. The molecule has 0 spiro atoms. The molecule has 0 aliphatic heterocycles. The van der Waals surface area contributed by atoms with E-state index in [0.717, 1.165) is 103 Å². The van der Waals surface area contributed by atoms with E-state index in [4.69, 9.17) is 14.2 Å². The minimum absolute atomic E-state index is 0.0792. The van der Waals surface area contributed by atoms with Crippen molar-refractivity contribution in [2.75, 3.05) is 13.2 Å². The second-order valence-corrected chi connectivity index (χ2v) is 20.9. The summed E-state index contributed by atoms with van der Waals surface area (Å²) < 4.78 is 16.9. The number of allylic oxidation sites excluding steroid dienone is 14. The summed E-state index contributed by atoms with van der Waals surface area (Å²) in [5.41, 5.74) is 0. The molecule has 0 aromatic carbocycles. The number of hydrogen-bond acceptors (Lipinski definition) is 6. The van der Waals surface area contributed by atoms with Crippen LogP contribution in [0.3, 0.4) is 0 Å². The molecule has 0 aliphatic carbocycles. The molecule has 0 N–H and O–H groups in total. The normalized spacial score (nSPS) is 12.6. The van der Waals surface area contributed by atoms with Gasteiger partial charge in [0.15, 0.2) is 6.10 Å². The van der Waals surface area contributed by atoms with Gasteiger partial charge in [0.1, 0.15) is 13.2 Å². The van der Waals surface area contributed by atoms with E-state index in [1.807, 2.05) is 0 Å². The van der Waals surface area contributed by atoms with Crippen LogP contribution in [0.4, 0.5) is 0 Å². The molecule has 0 saturated carbocycles. The molecule has 426 valence electrons. The van der Waals surface area contributed by atoms with Crippen molar-refractivity contribution in [3.63, 3.8) is 0 Å². The minimum Gasteiger partial charge on any atom is -0.462 e. The van der Waals surface area contributed by atoms with E-state index in [1.165, 1.54) is 167 Å². The van der Waals surface area contributed by atoms with Crippen LogP contribution >= 0.6 is 0 Å². The van der Waals surface area contributed by atoms with Crippen LogP contribution in [0.2, 0.25) is 0 Å². The Kier molecular flexibility index (Phi) is 59.3. The topological polar surface area (TPSA) is 78.9 Å². The van der Waals surface area contributed by atoms with Crippen molar-refractivity contribution >= 4 is 17.9 Å². The molecule has 0 aromatic rings. The van der Waals surface area contributed by atoms with Crippen LogP contribution in [0.15, 0.2) is 85.1 Å². The van der Waals surface area contributed by atoms with E-state index in [-0.39, 0.29) is 31.1 Å². The van der Waals surface area contributed by atoms with Crippen molar-refractivity contribution < 1.29 is 28.6 Å². The van der Waals surface area contributed by atoms with Crippen molar-refractivity contribution in [1.29, 1.82) is 0 Å². The molecule has 1 atom stereocenters. The maximum absolute atomic E-state index is 12.9. The lowest BCUT2D eigenvalue weighted by atomic mass is 10.0. The summed E-state index contributed by atoms with van der Waals surface area (Å²) in [6.45, 7) is 6.50. The molecular weight excluding hydrogens is 913 g/mol. The van der Waals surface area contributed by atoms with Gasteiger partial charge in [0.2, 0.25) is 0 Å². The van der Waals surface area contributed by atoms with Crippen molar-refractivity contribution in [2.24, 2.45) is 0 Å². The van der Waals surface area contributed by atoms with Gasteiger partial charge in [-0.25, -0.2) is 0 Å². The summed E-state index contributed by atoms with van der Waals surface area (Å²) in [6.07, 6.45) is 81.7. The van der Waals surface area contributed by atoms with Crippen LogP contribution < -0.4 is 0 Å². The first-order valence-electron chi connectivity index (χ1n) is 31.6. The minimum atomic E-state index is -0.781. The monoisotopic (exact) mass is 1030 g/mol. The average molecular weight is 1030 g/mol. The van der Waals surface area contributed by atoms with Gasteiger partial charge in [0.25, 0.3) is 0 Å². The van der Waals surface area contributed by atoms with Gasteiger partial charge in [-0.1, -0.05) is 279 Å². The van der Waals surface area contributed by atoms with Gasteiger partial charge in [-0.05, 0) is 96.3 Å². The van der Waals surface area contributed by atoms with E-state index in [2.05, 4.69) is 106 Å². The van der Waals surface area contributed by atoms with Crippen LogP contribution in [-0.4, -0.2) is 37.2 Å². The summed E-state index contributed by atoms with van der Waals surface area (Å²) in [5.74, 6) is -0.885. The number of ether oxygens (including phenoxy) is 3. The molecular formula is C68H118O6. The van der Waals surface area contributed by atoms with Crippen LogP contribution in [0.25, 0.3) is 0 Å². The lowest BCUT2D eigenvalue weighted by Gasteiger charge is -2.18. The number of carbonyl (C=O) groups excluding carboxylic acids is 3. The van der Waals surface area contributed by atoms with Crippen LogP contribution in [0, 0.1) is 0 Å². The number of unbranched alkanes of at least 4 members (excludes halogenated alkanes) is 32. The standard InChI is InChI=1S/C68H118O6/c1-4-7-10-13-16-19-21-23-25-27-29-31-33-34-36-37-39-41-43-45-47-49-52-55-58-61-67(70)73-64-65(63-72-66(69)60-57-54-51-18-15-12-9-6-3)74-68(71)62-59-56-53-50-48-46-44-42-40-38-35-32-30-28-26-24-22-20-17-14-11-8-5-2/h8,11,17,20-21,23-24,26-27,29-30,32,38,40,65H,4-7,9-10,12-16,18-19,22,25,28,31,33-37,39,41-64H2,1-3H3/b11-8-,20-17-,23-21-,26-24-,29-27-,32-30-,40-38-. The molecule has 0 radical (unpaired) electrons. The van der Waals surface area contributed by atoms with E-state index < -0.39 is 6.10 Å². The van der Waals surface area contributed by atoms with E-state index in [0.29, 0.717) is 19.3 Å². The Morgan fingerprint density at radius 2 is 0.527 bits per heavy atom. The highest BCUT2D eigenvalue weighted by molar-refractivity contribution is 5.71.